The highest BCUT2D eigenvalue weighted by Crippen LogP contribution is 2.31. The van der Waals surface area contributed by atoms with Gasteiger partial charge >= 0.3 is 11.9 Å². The third kappa shape index (κ3) is 4.42. The summed E-state index contributed by atoms with van der Waals surface area (Å²) >= 11 is 0. The van der Waals surface area contributed by atoms with Gasteiger partial charge in [-0.25, -0.2) is 9.59 Å². The number of ether oxygens (including phenoxy) is 3. The molecule has 0 unspecified atom stereocenters. The summed E-state index contributed by atoms with van der Waals surface area (Å²) in [5.41, 5.74) is 2.39. The first kappa shape index (κ1) is 20.9. The SMILES string of the molecule is COC(=O)C1=C(C(=O)OC)N(c2ccc(NC(=O)C3CCCC3)c(C)c2)COC1. The first-order chi connectivity index (χ1) is 14.0. The lowest BCUT2D eigenvalue weighted by Gasteiger charge is -2.31. The quantitative estimate of drug-likeness (QED) is 0.756. The highest BCUT2D eigenvalue weighted by molar-refractivity contribution is 6.03. The Hall–Kier alpha value is -2.87. The average Bonchev–Trinajstić information content (AvgIpc) is 3.28. The van der Waals surface area contributed by atoms with Crippen LogP contribution in [0.15, 0.2) is 29.5 Å². The number of nitrogens with one attached hydrogen (secondary N) is 1. The molecule has 0 saturated heterocycles. The Morgan fingerprint density at radius 1 is 1.10 bits per heavy atom. The first-order valence-electron chi connectivity index (χ1n) is 9.62. The van der Waals surface area contributed by atoms with Gasteiger partial charge in [-0.1, -0.05) is 12.8 Å². The number of esters is 2. The van der Waals surface area contributed by atoms with Crippen LogP contribution in [0.1, 0.15) is 31.2 Å². The van der Waals surface area contributed by atoms with Crippen LogP contribution >= 0.6 is 0 Å². The van der Waals surface area contributed by atoms with Crippen molar-refractivity contribution in [1.29, 1.82) is 0 Å². The fourth-order valence-electron chi connectivity index (χ4n) is 3.73. The van der Waals surface area contributed by atoms with Crippen LogP contribution in [0.3, 0.4) is 0 Å². The second-order valence-electron chi connectivity index (χ2n) is 7.19. The second kappa shape index (κ2) is 9.09. The van der Waals surface area contributed by atoms with Crippen LogP contribution in [0.4, 0.5) is 11.4 Å². The van der Waals surface area contributed by atoms with Crippen molar-refractivity contribution in [2.75, 3.05) is 37.8 Å². The minimum Gasteiger partial charge on any atom is -0.466 e. The largest absolute Gasteiger partial charge is 0.466 e. The lowest BCUT2D eigenvalue weighted by Crippen LogP contribution is -2.38. The molecule has 3 rings (SSSR count). The Bertz CT molecular complexity index is 842. The zero-order valence-electron chi connectivity index (χ0n) is 16.9. The van der Waals surface area contributed by atoms with Crippen molar-refractivity contribution < 1.29 is 28.6 Å². The summed E-state index contributed by atoms with van der Waals surface area (Å²) in [4.78, 5) is 38.5. The molecule has 8 heteroatoms. The van der Waals surface area contributed by atoms with Gasteiger partial charge in [0.15, 0.2) is 0 Å². The number of hydrogen-bond acceptors (Lipinski definition) is 7. The lowest BCUT2D eigenvalue weighted by atomic mass is 10.1. The summed E-state index contributed by atoms with van der Waals surface area (Å²) in [6.45, 7) is 1.92. The second-order valence-corrected chi connectivity index (χ2v) is 7.19. The van der Waals surface area contributed by atoms with E-state index in [2.05, 4.69) is 5.32 Å². The minimum atomic E-state index is -0.648. The fourth-order valence-corrected chi connectivity index (χ4v) is 3.73. The van der Waals surface area contributed by atoms with Gasteiger partial charge in [-0.2, -0.15) is 0 Å². The number of carbonyl (C=O) groups is 3. The Balaban J connectivity index is 1.88. The molecule has 8 nitrogen and oxygen atoms in total. The summed E-state index contributed by atoms with van der Waals surface area (Å²) in [6, 6.07) is 5.39. The van der Waals surface area contributed by atoms with Gasteiger partial charge in [0.2, 0.25) is 5.91 Å². The van der Waals surface area contributed by atoms with Crippen molar-refractivity contribution in [2.24, 2.45) is 5.92 Å². The van der Waals surface area contributed by atoms with E-state index < -0.39 is 11.9 Å². The molecule has 1 heterocycles. The number of rotatable bonds is 5. The Labute approximate surface area is 169 Å². The van der Waals surface area contributed by atoms with Gasteiger partial charge in [0.25, 0.3) is 0 Å². The molecule has 2 aliphatic rings. The zero-order valence-corrected chi connectivity index (χ0v) is 16.9. The third-order valence-electron chi connectivity index (χ3n) is 5.34. The lowest BCUT2D eigenvalue weighted by molar-refractivity contribution is -0.140. The predicted octanol–water partition coefficient (Wildman–Crippen LogP) is 2.52. The summed E-state index contributed by atoms with van der Waals surface area (Å²) < 4.78 is 15.1. The molecule has 0 atom stereocenters. The Morgan fingerprint density at radius 2 is 1.79 bits per heavy atom. The normalized spacial score (nSPS) is 17.3. The maximum Gasteiger partial charge on any atom is 0.355 e. The predicted molar refractivity (Wildman–Crippen MR) is 106 cm³/mol. The number of amides is 1. The van der Waals surface area contributed by atoms with Gasteiger partial charge < -0.3 is 24.4 Å². The van der Waals surface area contributed by atoms with E-state index in [1.54, 1.807) is 17.0 Å². The maximum atomic E-state index is 12.4. The molecular weight excluding hydrogens is 376 g/mol. The van der Waals surface area contributed by atoms with Crippen molar-refractivity contribution in [3.05, 3.63) is 35.0 Å². The molecule has 0 aromatic heterocycles. The number of anilines is 2. The Morgan fingerprint density at radius 3 is 2.41 bits per heavy atom. The molecule has 1 amide bonds. The molecule has 1 N–H and O–H groups in total. The number of methoxy groups -OCH3 is 2. The molecule has 156 valence electrons. The minimum absolute atomic E-state index is 0.0396. The van der Waals surface area contributed by atoms with Crippen LogP contribution in [0.2, 0.25) is 0 Å². The monoisotopic (exact) mass is 402 g/mol. The van der Waals surface area contributed by atoms with Crippen LogP contribution in [0, 0.1) is 12.8 Å². The summed E-state index contributed by atoms with van der Waals surface area (Å²) in [5, 5.41) is 3.00. The molecule has 1 saturated carbocycles. The summed E-state index contributed by atoms with van der Waals surface area (Å²) in [7, 11) is 2.50. The maximum absolute atomic E-state index is 12.4. The standard InChI is InChI=1S/C21H26N2O6/c1-13-10-15(8-9-17(13)22-19(24)14-6-4-5-7-14)23-12-29-11-16(20(25)27-2)18(23)21(26)28-3/h8-10,14H,4-7,11-12H2,1-3H3,(H,22,24). The van der Waals surface area contributed by atoms with Crippen LogP contribution in [0.5, 0.6) is 0 Å². The highest BCUT2D eigenvalue weighted by Gasteiger charge is 2.32. The molecular formula is C21H26N2O6. The molecule has 1 aromatic carbocycles. The van der Waals surface area contributed by atoms with Crippen molar-refractivity contribution in [2.45, 2.75) is 32.6 Å². The van der Waals surface area contributed by atoms with E-state index in [9.17, 15) is 14.4 Å². The summed E-state index contributed by atoms with van der Waals surface area (Å²) in [6.07, 6.45) is 4.04. The number of carbonyl (C=O) groups excluding carboxylic acids is 3. The van der Waals surface area contributed by atoms with E-state index in [-0.39, 0.29) is 36.4 Å². The van der Waals surface area contributed by atoms with E-state index in [0.717, 1.165) is 36.9 Å². The molecule has 0 radical (unpaired) electrons. The smallest absolute Gasteiger partial charge is 0.355 e. The first-order valence-corrected chi connectivity index (χ1v) is 9.62. The highest BCUT2D eigenvalue weighted by atomic mass is 16.5. The number of benzene rings is 1. The van der Waals surface area contributed by atoms with Crippen molar-refractivity contribution >= 4 is 29.2 Å². The summed E-state index contributed by atoms with van der Waals surface area (Å²) in [5.74, 6) is -1.18. The molecule has 1 fully saturated rings. The van der Waals surface area contributed by atoms with Gasteiger partial charge in [-0.3, -0.25) is 4.79 Å². The van der Waals surface area contributed by atoms with E-state index >= 15 is 0 Å². The zero-order chi connectivity index (χ0) is 21.0. The van der Waals surface area contributed by atoms with Gasteiger partial charge in [-0.05, 0) is 43.5 Å². The molecule has 0 spiro atoms. The fraction of sp³-hybridized carbons (Fsp3) is 0.476. The Kier molecular flexibility index (Phi) is 6.53. The van der Waals surface area contributed by atoms with Gasteiger partial charge in [-0.15, -0.1) is 0 Å². The van der Waals surface area contributed by atoms with E-state index in [1.165, 1.54) is 14.2 Å². The molecule has 1 aliphatic carbocycles. The average molecular weight is 402 g/mol. The number of nitrogens with zero attached hydrogens (tertiary/aromatic N) is 1. The molecule has 1 aliphatic heterocycles. The van der Waals surface area contributed by atoms with Crippen molar-refractivity contribution in [3.63, 3.8) is 0 Å². The third-order valence-corrected chi connectivity index (χ3v) is 5.34. The van der Waals surface area contributed by atoms with Crippen LogP contribution in [0.25, 0.3) is 0 Å². The molecule has 1 aromatic rings. The number of aryl methyl sites for hydroxylation is 1. The number of hydrogen-bond donors (Lipinski definition) is 1. The molecule has 0 bridgehead atoms. The van der Waals surface area contributed by atoms with Crippen molar-refractivity contribution in [1.82, 2.24) is 0 Å². The van der Waals surface area contributed by atoms with Gasteiger partial charge in [0.05, 0.1) is 26.4 Å². The van der Waals surface area contributed by atoms with E-state index in [1.807, 2.05) is 13.0 Å². The van der Waals surface area contributed by atoms with Crippen LogP contribution in [-0.4, -0.2) is 45.4 Å². The van der Waals surface area contributed by atoms with E-state index in [0.29, 0.717) is 5.69 Å². The molecule has 29 heavy (non-hydrogen) atoms. The van der Waals surface area contributed by atoms with Crippen molar-refractivity contribution in [3.8, 4) is 0 Å². The van der Waals surface area contributed by atoms with Crippen LogP contribution in [-0.2, 0) is 28.6 Å². The van der Waals surface area contributed by atoms with Crippen LogP contribution < -0.4 is 10.2 Å². The van der Waals surface area contributed by atoms with Gasteiger partial charge in [0, 0.05) is 17.3 Å². The van der Waals surface area contributed by atoms with Gasteiger partial charge in [0.1, 0.15) is 12.4 Å². The topological polar surface area (TPSA) is 94.2 Å². The van der Waals surface area contributed by atoms with E-state index in [4.69, 9.17) is 14.2 Å².